The van der Waals surface area contributed by atoms with Gasteiger partial charge in [0.1, 0.15) is 5.82 Å². The van der Waals surface area contributed by atoms with E-state index in [0.29, 0.717) is 16.2 Å². The van der Waals surface area contributed by atoms with Gasteiger partial charge >= 0.3 is 6.18 Å². The molecule has 0 spiro atoms. The van der Waals surface area contributed by atoms with E-state index in [0.717, 1.165) is 38.2 Å². The van der Waals surface area contributed by atoms with Crippen LogP contribution in [0.15, 0.2) is 16.7 Å². The lowest BCUT2D eigenvalue weighted by Crippen LogP contribution is -2.33. The average Bonchev–Trinajstić information content (AvgIpc) is 2.29. The van der Waals surface area contributed by atoms with E-state index >= 15 is 0 Å². The number of piperidine rings is 1. The number of rotatable bonds is 1. The van der Waals surface area contributed by atoms with Crippen molar-refractivity contribution < 1.29 is 13.2 Å². The molecule has 0 unspecified atom stereocenters. The van der Waals surface area contributed by atoms with E-state index in [1.165, 1.54) is 0 Å². The predicted octanol–water partition coefficient (Wildman–Crippen LogP) is 4.10. The Hall–Kier alpha value is -0.780. The van der Waals surface area contributed by atoms with Gasteiger partial charge in [-0.3, -0.25) is 0 Å². The average molecular weight is 323 g/mol. The predicted molar refractivity (Wildman–Crippen MR) is 67.6 cm³/mol. The lowest BCUT2D eigenvalue weighted by atomic mass is 9.99. The Morgan fingerprint density at radius 3 is 2.44 bits per heavy atom. The van der Waals surface area contributed by atoms with Gasteiger partial charge in [0.15, 0.2) is 0 Å². The van der Waals surface area contributed by atoms with E-state index in [-0.39, 0.29) is 0 Å². The molecule has 1 saturated heterocycles. The molecule has 0 radical (unpaired) electrons. The highest BCUT2D eigenvalue weighted by molar-refractivity contribution is 9.10. The molecule has 6 heteroatoms. The molecule has 2 nitrogen and oxygen atoms in total. The maximum absolute atomic E-state index is 12.5. The van der Waals surface area contributed by atoms with Crippen LogP contribution in [0.4, 0.5) is 19.0 Å². The van der Waals surface area contributed by atoms with E-state index in [1.807, 2.05) is 4.90 Å². The first-order valence-electron chi connectivity index (χ1n) is 5.85. The van der Waals surface area contributed by atoms with Crippen molar-refractivity contribution in [3.63, 3.8) is 0 Å². The molecule has 0 aliphatic carbocycles. The van der Waals surface area contributed by atoms with Crippen LogP contribution in [0, 0.1) is 5.92 Å². The van der Waals surface area contributed by atoms with Crippen molar-refractivity contribution in [1.29, 1.82) is 0 Å². The Kier molecular flexibility index (Phi) is 3.84. The van der Waals surface area contributed by atoms with Crippen molar-refractivity contribution in [2.45, 2.75) is 25.9 Å². The van der Waals surface area contributed by atoms with Gasteiger partial charge < -0.3 is 4.90 Å². The third-order valence-corrected chi connectivity index (χ3v) is 3.82. The van der Waals surface area contributed by atoms with Crippen LogP contribution >= 0.6 is 15.9 Å². The van der Waals surface area contributed by atoms with Crippen molar-refractivity contribution in [1.82, 2.24) is 4.98 Å². The first kappa shape index (κ1) is 13.6. The smallest absolute Gasteiger partial charge is 0.356 e. The summed E-state index contributed by atoms with van der Waals surface area (Å²) >= 11 is 3.19. The maximum atomic E-state index is 12.5. The number of hydrogen-bond donors (Lipinski definition) is 0. The topological polar surface area (TPSA) is 16.1 Å². The van der Waals surface area contributed by atoms with E-state index in [9.17, 15) is 13.2 Å². The van der Waals surface area contributed by atoms with Crippen molar-refractivity contribution in [2.24, 2.45) is 5.92 Å². The zero-order valence-corrected chi connectivity index (χ0v) is 11.6. The van der Waals surface area contributed by atoms with Gasteiger partial charge in [0.05, 0.1) is 10.0 Å². The normalized spacial score (nSPS) is 18.2. The van der Waals surface area contributed by atoms with Crippen LogP contribution in [0.1, 0.15) is 25.3 Å². The molecule has 1 aromatic rings. The van der Waals surface area contributed by atoms with Gasteiger partial charge in [0.2, 0.25) is 0 Å². The van der Waals surface area contributed by atoms with Crippen molar-refractivity contribution in [3.8, 4) is 0 Å². The first-order valence-corrected chi connectivity index (χ1v) is 6.65. The fourth-order valence-corrected chi connectivity index (χ4v) is 2.64. The monoisotopic (exact) mass is 322 g/mol. The summed E-state index contributed by atoms with van der Waals surface area (Å²) in [6, 6.07) is 1.10. The summed E-state index contributed by atoms with van der Waals surface area (Å²) in [5, 5.41) is 0. The summed E-state index contributed by atoms with van der Waals surface area (Å²) in [6.07, 6.45) is -1.34. The lowest BCUT2D eigenvalue weighted by molar-refractivity contribution is -0.137. The van der Waals surface area contributed by atoms with Gasteiger partial charge in [0.25, 0.3) is 0 Å². The molecule has 0 bridgehead atoms. The van der Waals surface area contributed by atoms with E-state index in [4.69, 9.17) is 0 Å². The second kappa shape index (κ2) is 5.07. The van der Waals surface area contributed by atoms with Gasteiger partial charge in [0, 0.05) is 19.3 Å². The second-order valence-electron chi connectivity index (χ2n) is 4.70. The van der Waals surface area contributed by atoms with E-state index < -0.39 is 11.7 Å². The fraction of sp³-hybridized carbons (Fsp3) is 0.583. The lowest BCUT2D eigenvalue weighted by Gasteiger charge is -2.31. The Morgan fingerprint density at radius 1 is 1.33 bits per heavy atom. The van der Waals surface area contributed by atoms with Crippen molar-refractivity contribution in [3.05, 3.63) is 22.3 Å². The minimum Gasteiger partial charge on any atom is -0.356 e. The summed E-state index contributed by atoms with van der Waals surface area (Å²) in [7, 11) is 0. The molecule has 1 aliphatic rings. The first-order chi connectivity index (χ1) is 8.38. The fourth-order valence-electron chi connectivity index (χ4n) is 2.04. The largest absolute Gasteiger partial charge is 0.417 e. The molecule has 1 fully saturated rings. The SMILES string of the molecule is CC1CCN(c2ncc(C(F)(F)F)cc2Br)CC1. The van der Waals surface area contributed by atoms with E-state index in [2.05, 4.69) is 27.8 Å². The zero-order valence-electron chi connectivity index (χ0n) is 9.97. The molecule has 2 rings (SSSR count). The van der Waals surface area contributed by atoms with Crippen LogP contribution in [-0.2, 0) is 6.18 Å². The summed E-state index contributed by atoms with van der Waals surface area (Å²) in [6.45, 7) is 3.88. The minimum absolute atomic E-state index is 0.409. The van der Waals surface area contributed by atoms with Crippen LogP contribution < -0.4 is 4.90 Å². The van der Waals surface area contributed by atoms with Gasteiger partial charge in [-0.1, -0.05) is 6.92 Å². The van der Waals surface area contributed by atoms with Gasteiger partial charge in [-0.25, -0.2) is 4.98 Å². The Labute approximate surface area is 112 Å². The number of aromatic nitrogens is 1. The molecule has 0 atom stereocenters. The van der Waals surface area contributed by atoms with Crippen LogP contribution in [0.3, 0.4) is 0 Å². The summed E-state index contributed by atoms with van der Waals surface area (Å²) in [4.78, 5) is 5.98. The number of hydrogen-bond acceptors (Lipinski definition) is 2. The molecule has 0 amide bonds. The van der Waals surface area contributed by atoms with Gasteiger partial charge in [-0.2, -0.15) is 13.2 Å². The summed E-state index contributed by atoms with van der Waals surface area (Å²) in [5.74, 6) is 1.28. The molecular weight excluding hydrogens is 309 g/mol. The highest BCUT2D eigenvalue weighted by Crippen LogP contribution is 2.34. The Bertz CT molecular complexity index is 426. The Morgan fingerprint density at radius 2 is 1.94 bits per heavy atom. The highest BCUT2D eigenvalue weighted by atomic mass is 79.9. The number of halogens is 4. The molecule has 100 valence electrons. The molecule has 18 heavy (non-hydrogen) atoms. The second-order valence-corrected chi connectivity index (χ2v) is 5.55. The molecule has 1 aliphatic heterocycles. The summed E-state index contributed by atoms with van der Waals surface area (Å²) in [5.41, 5.74) is -0.719. The van der Waals surface area contributed by atoms with Crippen LogP contribution in [0.25, 0.3) is 0 Å². The van der Waals surface area contributed by atoms with Crippen LogP contribution in [0.2, 0.25) is 0 Å². The number of anilines is 1. The number of pyridine rings is 1. The number of nitrogens with zero attached hydrogens (tertiary/aromatic N) is 2. The molecule has 1 aromatic heterocycles. The third-order valence-electron chi connectivity index (χ3n) is 3.23. The number of alkyl halides is 3. The van der Waals surface area contributed by atoms with Gasteiger partial charge in [-0.05, 0) is 40.8 Å². The quantitative estimate of drug-likeness (QED) is 0.773. The van der Waals surface area contributed by atoms with Crippen molar-refractivity contribution in [2.75, 3.05) is 18.0 Å². The maximum Gasteiger partial charge on any atom is 0.417 e. The van der Waals surface area contributed by atoms with Gasteiger partial charge in [-0.15, -0.1) is 0 Å². The molecule has 0 saturated carbocycles. The van der Waals surface area contributed by atoms with Crippen LogP contribution in [-0.4, -0.2) is 18.1 Å². The molecule has 2 heterocycles. The molecule has 0 N–H and O–H groups in total. The third kappa shape index (κ3) is 2.96. The summed E-state index contributed by atoms with van der Waals surface area (Å²) < 4.78 is 38.0. The molecular formula is C12H14BrF3N2. The Balaban J connectivity index is 2.20. The highest BCUT2D eigenvalue weighted by Gasteiger charge is 2.32. The zero-order chi connectivity index (χ0) is 13.3. The van der Waals surface area contributed by atoms with E-state index in [1.54, 1.807) is 0 Å². The van der Waals surface area contributed by atoms with Crippen molar-refractivity contribution >= 4 is 21.7 Å². The molecule has 0 aromatic carbocycles. The van der Waals surface area contributed by atoms with Crippen LogP contribution in [0.5, 0.6) is 0 Å². The standard InChI is InChI=1S/C12H14BrF3N2/c1-8-2-4-18(5-3-8)11-10(13)6-9(7-17-11)12(14,15)16/h6-8H,2-5H2,1H3. The minimum atomic E-state index is -4.34.